The SMILES string of the molecule is CCCCCCCCNC(=S)N(CCCN1CCOCC1)Cc1ccc(OC)cc1OC. The largest absolute Gasteiger partial charge is 0.497 e. The molecule has 0 radical (unpaired) electrons. The number of ether oxygens (including phenoxy) is 3. The smallest absolute Gasteiger partial charge is 0.169 e. The molecule has 1 heterocycles. The summed E-state index contributed by atoms with van der Waals surface area (Å²) in [5.74, 6) is 1.63. The Balaban J connectivity index is 1.90. The fourth-order valence-electron chi connectivity index (χ4n) is 3.96. The summed E-state index contributed by atoms with van der Waals surface area (Å²) in [5.41, 5.74) is 1.11. The van der Waals surface area contributed by atoms with Crippen LogP contribution in [0.5, 0.6) is 11.5 Å². The second-order valence-electron chi connectivity index (χ2n) is 8.41. The Labute approximate surface area is 200 Å². The van der Waals surface area contributed by atoms with E-state index in [9.17, 15) is 0 Å². The minimum atomic E-state index is 0.721. The molecule has 1 N–H and O–H groups in total. The van der Waals surface area contributed by atoms with Crippen molar-refractivity contribution in [3.05, 3.63) is 23.8 Å². The molecule has 182 valence electrons. The lowest BCUT2D eigenvalue weighted by molar-refractivity contribution is 0.0367. The highest BCUT2D eigenvalue weighted by molar-refractivity contribution is 7.80. The molecule has 1 aromatic rings. The third-order valence-corrected chi connectivity index (χ3v) is 6.36. The molecule has 1 saturated heterocycles. The molecule has 1 fully saturated rings. The number of thiocarbonyl (C=S) groups is 1. The molecule has 1 aliphatic rings. The van der Waals surface area contributed by atoms with E-state index in [1.165, 1.54) is 32.1 Å². The van der Waals surface area contributed by atoms with E-state index in [4.69, 9.17) is 26.4 Å². The van der Waals surface area contributed by atoms with Crippen LogP contribution in [0.15, 0.2) is 18.2 Å². The highest BCUT2D eigenvalue weighted by Crippen LogP contribution is 2.26. The zero-order valence-corrected chi connectivity index (χ0v) is 21.2. The van der Waals surface area contributed by atoms with Crippen LogP contribution in [-0.4, -0.2) is 75.1 Å². The van der Waals surface area contributed by atoms with Crippen molar-refractivity contribution in [2.45, 2.75) is 58.4 Å². The number of methoxy groups -OCH3 is 2. The van der Waals surface area contributed by atoms with Crippen molar-refractivity contribution in [2.75, 3.05) is 60.2 Å². The lowest BCUT2D eigenvalue weighted by atomic mass is 10.1. The topological polar surface area (TPSA) is 46.2 Å². The van der Waals surface area contributed by atoms with Gasteiger partial charge < -0.3 is 24.4 Å². The Morgan fingerprint density at radius 3 is 2.53 bits per heavy atom. The summed E-state index contributed by atoms with van der Waals surface area (Å²) in [5, 5.41) is 4.33. The van der Waals surface area contributed by atoms with E-state index in [0.29, 0.717) is 0 Å². The van der Waals surface area contributed by atoms with Crippen LogP contribution in [0, 0.1) is 0 Å². The van der Waals surface area contributed by atoms with Crippen molar-refractivity contribution in [1.82, 2.24) is 15.1 Å². The summed E-state index contributed by atoms with van der Waals surface area (Å²) in [6.45, 7) is 9.61. The first-order chi connectivity index (χ1) is 15.7. The van der Waals surface area contributed by atoms with Crippen LogP contribution in [0.25, 0.3) is 0 Å². The Hall–Kier alpha value is -1.57. The first kappa shape index (κ1) is 26.7. The normalized spacial score (nSPS) is 14.2. The van der Waals surface area contributed by atoms with Crippen LogP contribution in [0.4, 0.5) is 0 Å². The van der Waals surface area contributed by atoms with Crippen molar-refractivity contribution < 1.29 is 14.2 Å². The van der Waals surface area contributed by atoms with Crippen molar-refractivity contribution >= 4 is 17.3 Å². The summed E-state index contributed by atoms with van der Waals surface area (Å²) in [6.07, 6.45) is 8.77. The highest BCUT2D eigenvalue weighted by Gasteiger charge is 2.15. The van der Waals surface area contributed by atoms with Gasteiger partial charge in [-0.15, -0.1) is 0 Å². The van der Waals surface area contributed by atoms with Gasteiger partial charge in [0.1, 0.15) is 11.5 Å². The van der Waals surface area contributed by atoms with Crippen molar-refractivity contribution in [2.24, 2.45) is 0 Å². The summed E-state index contributed by atoms with van der Waals surface area (Å²) >= 11 is 5.81. The number of nitrogens with one attached hydrogen (secondary N) is 1. The van der Waals surface area contributed by atoms with Gasteiger partial charge in [-0.2, -0.15) is 0 Å². The molecule has 0 saturated carbocycles. The lowest BCUT2D eigenvalue weighted by Crippen LogP contribution is -2.42. The summed E-state index contributed by atoms with van der Waals surface area (Å²) < 4.78 is 16.4. The van der Waals surface area contributed by atoms with Gasteiger partial charge in [0.15, 0.2) is 5.11 Å². The Bertz CT molecular complexity index is 653. The van der Waals surface area contributed by atoms with Crippen LogP contribution in [-0.2, 0) is 11.3 Å². The zero-order valence-electron chi connectivity index (χ0n) is 20.4. The molecule has 1 aromatic carbocycles. The zero-order chi connectivity index (χ0) is 23.0. The van der Waals surface area contributed by atoms with Crippen molar-refractivity contribution in [3.8, 4) is 11.5 Å². The minimum Gasteiger partial charge on any atom is -0.497 e. The summed E-state index contributed by atoms with van der Waals surface area (Å²) in [7, 11) is 3.38. The average Bonchev–Trinajstić information content (AvgIpc) is 2.83. The van der Waals surface area contributed by atoms with E-state index in [0.717, 1.165) is 87.5 Å². The number of unbranched alkanes of at least 4 members (excludes halogenated alkanes) is 5. The van der Waals surface area contributed by atoms with Crippen molar-refractivity contribution in [3.63, 3.8) is 0 Å². The first-order valence-corrected chi connectivity index (χ1v) is 12.6. The minimum absolute atomic E-state index is 0.721. The molecule has 0 atom stereocenters. The van der Waals surface area contributed by atoms with Gasteiger partial charge in [0.25, 0.3) is 0 Å². The third kappa shape index (κ3) is 9.92. The van der Waals surface area contributed by atoms with E-state index in [1.54, 1.807) is 14.2 Å². The number of hydrogen-bond donors (Lipinski definition) is 1. The molecule has 6 nitrogen and oxygen atoms in total. The number of nitrogens with zero attached hydrogens (tertiary/aromatic N) is 2. The maximum atomic E-state index is 5.81. The fraction of sp³-hybridized carbons (Fsp3) is 0.720. The second-order valence-corrected chi connectivity index (χ2v) is 8.79. The number of hydrogen-bond acceptors (Lipinski definition) is 5. The van der Waals surface area contributed by atoms with Gasteiger partial charge in [-0.1, -0.05) is 39.0 Å². The quantitative estimate of drug-likeness (QED) is 0.303. The molecule has 0 spiro atoms. The molecule has 0 aliphatic carbocycles. The third-order valence-electron chi connectivity index (χ3n) is 5.96. The molecule has 7 heteroatoms. The molecule has 1 aliphatic heterocycles. The van der Waals surface area contributed by atoms with Crippen LogP contribution in [0.3, 0.4) is 0 Å². The maximum absolute atomic E-state index is 5.81. The standard InChI is InChI=1S/C25H43N3O3S/c1-4-5-6-7-8-9-13-26-25(32)28(15-10-14-27-16-18-31-19-17-27)21-22-11-12-23(29-2)20-24(22)30-3/h11-12,20H,4-10,13-19,21H2,1-3H3,(H,26,32). The van der Waals surface area contributed by atoms with Gasteiger partial charge in [-0.25, -0.2) is 0 Å². The number of morpholine rings is 1. The fourth-order valence-corrected chi connectivity index (χ4v) is 4.22. The van der Waals surface area contributed by atoms with E-state index in [-0.39, 0.29) is 0 Å². The molecule has 0 unspecified atom stereocenters. The molecular formula is C25H43N3O3S. The Morgan fingerprint density at radius 2 is 1.81 bits per heavy atom. The van der Waals surface area contributed by atoms with Gasteiger partial charge in [0.05, 0.1) is 27.4 Å². The number of rotatable bonds is 15. The summed E-state index contributed by atoms with van der Waals surface area (Å²) in [4.78, 5) is 4.75. The lowest BCUT2D eigenvalue weighted by Gasteiger charge is -2.30. The predicted molar refractivity (Wildman–Crippen MR) is 136 cm³/mol. The molecule has 2 rings (SSSR count). The summed E-state index contributed by atoms with van der Waals surface area (Å²) in [6, 6.07) is 5.99. The predicted octanol–water partition coefficient (Wildman–Crippen LogP) is 4.46. The van der Waals surface area contributed by atoms with E-state index in [1.807, 2.05) is 12.1 Å². The highest BCUT2D eigenvalue weighted by atomic mass is 32.1. The molecule has 0 amide bonds. The van der Waals surface area contributed by atoms with Crippen LogP contribution in [0.1, 0.15) is 57.4 Å². The average molecular weight is 466 g/mol. The molecule has 0 bridgehead atoms. The Morgan fingerprint density at radius 1 is 1.06 bits per heavy atom. The van der Waals surface area contributed by atoms with Crippen LogP contribution < -0.4 is 14.8 Å². The van der Waals surface area contributed by atoms with Gasteiger partial charge >= 0.3 is 0 Å². The monoisotopic (exact) mass is 465 g/mol. The molecule has 32 heavy (non-hydrogen) atoms. The number of benzene rings is 1. The van der Waals surface area contributed by atoms with Gasteiger partial charge in [-0.3, -0.25) is 4.90 Å². The van der Waals surface area contributed by atoms with E-state index in [2.05, 4.69) is 28.1 Å². The first-order valence-electron chi connectivity index (χ1n) is 12.2. The Kier molecular flexibility index (Phi) is 13.4. The maximum Gasteiger partial charge on any atom is 0.169 e. The molecular weight excluding hydrogens is 422 g/mol. The van der Waals surface area contributed by atoms with E-state index < -0.39 is 0 Å². The second kappa shape index (κ2) is 16.1. The molecule has 0 aromatic heterocycles. The van der Waals surface area contributed by atoms with Crippen molar-refractivity contribution in [1.29, 1.82) is 0 Å². The van der Waals surface area contributed by atoms with Crippen LogP contribution in [0.2, 0.25) is 0 Å². The van der Waals surface area contributed by atoms with Gasteiger partial charge in [-0.05, 0) is 37.2 Å². The van der Waals surface area contributed by atoms with Crippen LogP contribution >= 0.6 is 12.2 Å². The van der Waals surface area contributed by atoms with E-state index >= 15 is 0 Å². The van der Waals surface area contributed by atoms with Gasteiger partial charge in [0, 0.05) is 50.9 Å². The van der Waals surface area contributed by atoms with Gasteiger partial charge in [0.2, 0.25) is 0 Å².